The van der Waals surface area contributed by atoms with Crippen LogP contribution in [0.2, 0.25) is 0 Å². The lowest BCUT2D eigenvalue weighted by molar-refractivity contribution is -0.116. The van der Waals surface area contributed by atoms with Crippen molar-refractivity contribution in [2.24, 2.45) is 0 Å². The van der Waals surface area contributed by atoms with Crippen LogP contribution in [0, 0.1) is 6.92 Å². The van der Waals surface area contributed by atoms with Gasteiger partial charge in [0.1, 0.15) is 5.78 Å². The highest BCUT2D eigenvalue weighted by atomic mass is 79.9. The van der Waals surface area contributed by atoms with Crippen molar-refractivity contribution < 1.29 is 4.79 Å². The van der Waals surface area contributed by atoms with Crippen LogP contribution < -0.4 is 0 Å². The van der Waals surface area contributed by atoms with Gasteiger partial charge in [0.2, 0.25) is 0 Å². The molecule has 12 heavy (non-hydrogen) atoms. The fourth-order valence-electron chi connectivity index (χ4n) is 0.941. The Kier molecular flexibility index (Phi) is 3.47. The summed E-state index contributed by atoms with van der Waals surface area (Å²) >= 11 is 5.22. The van der Waals surface area contributed by atoms with Crippen molar-refractivity contribution in [1.29, 1.82) is 0 Å². The van der Waals surface area contributed by atoms with E-state index in [0.717, 1.165) is 6.42 Å². The fraction of sp³-hybridized carbons (Fsp3) is 0.444. The maximum absolute atomic E-state index is 10.7. The van der Waals surface area contributed by atoms with Crippen LogP contribution in [0.1, 0.15) is 23.8 Å². The van der Waals surface area contributed by atoms with E-state index in [1.165, 1.54) is 14.9 Å². The first-order valence-electron chi connectivity index (χ1n) is 3.83. The number of thiophene rings is 1. The largest absolute Gasteiger partial charge is 0.300 e. The van der Waals surface area contributed by atoms with Crippen molar-refractivity contribution in [3.63, 3.8) is 0 Å². The summed E-state index contributed by atoms with van der Waals surface area (Å²) in [5, 5.41) is 2.11. The van der Waals surface area contributed by atoms with E-state index in [0.29, 0.717) is 6.42 Å². The number of carbonyl (C=O) groups excluding carboxylic acids is 1. The van der Waals surface area contributed by atoms with E-state index in [1.807, 2.05) is 0 Å². The molecule has 1 nitrogen and oxygen atoms in total. The molecule has 0 atom stereocenters. The summed E-state index contributed by atoms with van der Waals surface area (Å²) in [6.45, 7) is 3.70. The molecular formula is C9H11BrOS. The molecule has 0 unspecified atom stereocenters. The van der Waals surface area contributed by atoms with Gasteiger partial charge in [-0.05, 0) is 47.1 Å². The van der Waals surface area contributed by atoms with Gasteiger partial charge in [-0.15, -0.1) is 11.3 Å². The Morgan fingerprint density at radius 2 is 2.33 bits per heavy atom. The number of halogens is 1. The Labute approximate surface area is 84.9 Å². The third kappa shape index (κ3) is 2.42. The lowest BCUT2D eigenvalue weighted by Gasteiger charge is -1.95. The average Bonchev–Trinajstić information content (AvgIpc) is 2.30. The van der Waals surface area contributed by atoms with Crippen LogP contribution in [0.3, 0.4) is 0 Å². The molecule has 0 aliphatic rings. The molecule has 0 bridgehead atoms. The SMILES string of the molecule is CC(=O)CCc1scc(C)c1Br. The topological polar surface area (TPSA) is 17.1 Å². The molecule has 0 aromatic carbocycles. The summed E-state index contributed by atoms with van der Waals surface area (Å²) < 4.78 is 1.17. The molecule has 0 aliphatic heterocycles. The third-order valence-electron chi connectivity index (χ3n) is 1.67. The maximum atomic E-state index is 10.7. The molecule has 0 aliphatic carbocycles. The molecule has 0 saturated carbocycles. The highest BCUT2D eigenvalue weighted by Gasteiger charge is 2.05. The molecule has 0 amide bonds. The predicted octanol–water partition coefficient (Wildman–Crippen LogP) is 3.34. The number of hydrogen-bond acceptors (Lipinski definition) is 2. The normalized spacial score (nSPS) is 10.2. The van der Waals surface area contributed by atoms with E-state index in [1.54, 1.807) is 18.3 Å². The number of ketones is 1. The number of aryl methyl sites for hydroxylation is 2. The Morgan fingerprint density at radius 1 is 1.67 bits per heavy atom. The summed E-state index contributed by atoms with van der Waals surface area (Å²) in [4.78, 5) is 12.0. The van der Waals surface area contributed by atoms with Crippen molar-refractivity contribution >= 4 is 33.0 Å². The molecule has 0 N–H and O–H groups in total. The van der Waals surface area contributed by atoms with E-state index in [2.05, 4.69) is 28.2 Å². The zero-order chi connectivity index (χ0) is 9.14. The van der Waals surface area contributed by atoms with E-state index in [9.17, 15) is 4.79 Å². The van der Waals surface area contributed by atoms with E-state index in [-0.39, 0.29) is 5.78 Å². The second-order valence-corrected chi connectivity index (χ2v) is 4.62. The zero-order valence-corrected chi connectivity index (χ0v) is 9.59. The Hall–Kier alpha value is -0.150. The summed E-state index contributed by atoms with van der Waals surface area (Å²) in [7, 11) is 0. The number of Topliss-reactive ketones (excluding diaryl/α,β-unsaturated/α-hetero) is 1. The summed E-state index contributed by atoms with van der Waals surface area (Å²) in [6.07, 6.45) is 1.52. The van der Waals surface area contributed by atoms with Crippen molar-refractivity contribution in [2.75, 3.05) is 0 Å². The van der Waals surface area contributed by atoms with Gasteiger partial charge in [-0.1, -0.05) is 0 Å². The monoisotopic (exact) mass is 246 g/mol. The molecule has 0 radical (unpaired) electrons. The molecule has 0 spiro atoms. The van der Waals surface area contributed by atoms with Crippen LogP contribution in [0.5, 0.6) is 0 Å². The van der Waals surface area contributed by atoms with Gasteiger partial charge < -0.3 is 4.79 Å². The number of hydrogen-bond donors (Lipinski definition) is 0. The van der Waals surface area contributed by atoms with E-state index in [4.69, 9.17) is 0 Å². The first-order valence-corrected chi connectivity index (χ1v) is 5.50. The minimum atomic E-state index is 0.257. The summed E-state index contributed by atoms with van der Waals surface area (Å²) in [5.41, 5.74) is 1.26. The molecule has 1 aromatic heterocycles. The van der Waals surface area contributed by atoms with Crippen LogP contribution in [-0.4, -0.2) is 5.78 Å². The van der Waals surface area contributed by atoms with Crippen molar-refractivity contribution in [3.05, 3.63) is 20.3 Å². The zero-order valence-electron chi connectivity index (χ0n) is 7.19. The molecule has 1 heterocycles. The van der Waals surface area contributed by atoms with Gasteiger partial charge >= 0.3 is 0 Å². The van der Waals surface area contributed by atoms with Gasteiger partial charge in [-0.25, -0.2) is 0 Å². The maximum Gasteiger partial charge on any atom is 0.130 e. The van der Waals surface area contributed by atoms with Gasteiger partial charge in [-0.2, -0.15) is 0 Å². The lowest BCUT2D eigenvalue weighted by Crippen LogP contribution is -1.92. The minimum absolute atomic E-state index is 0.257. The first kappa shape index (κ1) is 9.93. The molecule has 1 aromatic rings. The molecule has 0 fully saturated rings. The van der Waals surface area contributed by atoms with Gasteiger partial charge in [-0.3, -0.25) is 0 Å². The molecular weight excluding hydrogens is 236 g/mol. The Balaban J connectivity index is 2.63. The third-order valence-corrected chi connectivity index (χ3v) is 4.20. The highest BCUT2D eigenvalue weighted by molar-refractivity contribution is 9.10. The molecule has 0 saturated heterocycles. The van der Waals surface area contributed by atoms with Crippen LogP contribution in [0.15, 0.2) is 9.85 Å². The Morgan fingerprint density at radius 3 is 2.75 bits per heavy atom. The molecule has 66 valence electrons. The molecule has 1 rings (SSSR count). The summed E-state index contributed by atoms with van der Waals surface area (Å²) in [6, 6.07) is 0. The minimum Gasteiger partial charge on any atom is -0.300 e. The van der Waals surface area contributed by atoms with Crippen LogP contribution in [-0.2, 0) is 11.2 Å². The number of carbonyl (C=O) groups is 1. The van der Waals surface area contributed by atoms with Crippen LogP contribution in [0.25, 0.3) is 0 Å². The molecule has 3 heteroatoms. The first-order chi connectivity index (χ1) is 5.61. The fourth-order valence-corrected chi connectivity index (χ4v) is 2.61. The van der Waals surface area contributed by atoms with Gasteiger partial charge in [0, 0.05) is 15.8 Å². The Bertz CT molecular complexity index is 291. The predicted molar refractivity (Wildman–Crippen MR) is 55.8 cm³/mol. The highest BCUT2D eigenvalue weighted by Crippen LogP contribution is 2.28. The van der Waals surface area contributed by atoms with Crippen molar-refractivity contribution in [1.82, 2.24) is 0 Å². The van der Waals surface area contributed by atoms with Crippen LogP contribution >= 0.6 is 27.3 Å². The van der Waals surface area contributed by atoms with Crippen molar-refractivity contribution in [3.8, 4) is 0 Å². The van der Waals surface area contributed by atoms with E-state index >= 15 is 0 Å². The average molecular weight is 247 g/mol. The lowest BCUT2D eigenvalue weighted by atomic mass is 10.2. The van der Waals surface area contributed by atoms with Crippen LogP contribution in [0.4, 0.5) is 0 Å². The van der Waals surface area contributed by atoms with Gasteiger partial charge in [0.05, 0.1) is 0 Å². The van der Waals surface area contributed by atoms with Gasteiger partial charge in [0.15, 0.2) is 0 Å². The smallest absolute Gasteiger partial charge is 0.130 e. The second kappa shape index (κ2) is 4.19. The summed E-state index contributed by atoms with van der Waals surface area (Å²) in [5.74, 6) is 0.257. The van der Waals surface area contributed by atoms with Crippen molar-refractivity contribution in [2.45, 2.75) is 26.7 Å². The van der Waals surface area contributed by atoms with Gasteiger partial charge in [0.25, 0.3) is 0 Å². The standard InChI is InChI=1S/C9H11BrOS/c1-6-5-12-8(9(6)10)4-3-7(2)11/h5H,3-4H2,1-2H3. The second-order valence-electron chi connectivity index (χ2n) is 2.86. The quantitative estimate of drug-likeness (QED) is 0.800. The van der Waals surface area contributed by atoms with E-state index < -0.39 is 0 Å². The number of rotatable bonds is 3.